The fourth-order valence-corrected chi connectivity index (χ4v) is 2.90. The number of aryl methyl sites for hydroxylation is 1. The minimum absolute atomic E-state index is 0.543. The van der Waals surface area contributed by atoms with Gasteiger partial charge < -0.3 is 0 Å². The van der Waals surface area contributed by atoms with E-state index in [-0.39, 0.29) is 0 Å². The Hall–Kier alpha value is -0.310. The zero-order valence-electron chi connectivity index (χ0n) is 8.67. The highest BCUT2D eigenvalue weighted by molar-refractivity contribution is 9.09. The molecule has 2 nitrogen and oxygen atoms in total. The molecule has 1 aromatic rings. The normalized spacial score (nSPS) is 19.3. The summed E-state index contributed by atoms with van der Waals surface area (Å²) in [4.78, 5) is 0. The number of rotatable bonds is 4. The summed E-state index contributed by atoms with van der Waals surface area (Å²) in [5.74, 6) is 0. The van der Waals surface area contributed by atoms with Gasteiger partial charge in [-0.05, 0) is 37.2 Å². The first kappa shape index (κ1) is 10.2. The lowest BCUT2D eigenvalue weighted by Crippen LogP contribution is -2.33. The standard InChI is InChI=1S/C11H17BrN2/c1-2-14-8-10(7-13-14)6-11(9-12)4-3-5-11/h7-8H,2-6,9H2,1H3. The smallest absolute Gasteiger partial charge is 0.0521 e. The van der Waals surface area contributed by atoms with Crippen molar-refractivity contribution in [2.24, 2.45) is 5.41 Å². The molecule has 2 rings (SSSR count). The average Bonchev–Trinajstić information content (AvgIpc) is 2.59. The molecule has 0 atom stereocenters. The molecule has 0 spiro atoms. The van der Waals surface area contributed by atoms with Crippen molar-refractivity contribution in [1.29, 1.82) is 0 Å². The third-order valence-electron chi connectivity index (χ3n) is 3.29. The van der Waals surface area contributed by atoms with E-state index in [1.54, 1.807) is 0 Å². The third-order valence-corrected chi connectivity index (χ3v) is 4.48. The van der Waals surface area contributed by atoms with Crippen LogP contribution in [0.15, 0.2) is 12.4 Å². The van der Waals surface area contributed by atoms with Crippen molar-refractivity contribution in [1.82, 2.24) is 9.78 Å². The second-order valence-corrected chi connectivity index (χ2v) is 4.93. The lowest BCUT2D eigenvalue weighted by Gasteiger charge is -2.40. The van der Waals surface area contributed by atoms with E-state index in [4.69, 9.17) is 0 Å². The van der Waals surface area contributed by atoms with Crippen molar-refractivity contribution in [3.63, 3.8) is 0 Å². The molecule has 0 amide bonds. The third kappa shape index (κ3) is 1.88. The molecular weight excluding hydrogens is 240 g/mol. The predicted octanol–water partition coefficient (Wildman–Crippen LogP) is 3.01. The van der Waals surface area contributed by atoms with E-state index in [0.29, 0.717) is 5.41 Å². The van der Waals surface area contributed by atoms with Gasteiger partial charge in [0.1, 0.15) is 0 Å². The molecule has 1 aromatic heterocycles. The van der Waals surface area contributed by atoms with Crippen LogP contribution in [0.5, 0.6) is 0 Å². The first-order valence-electron chi connectivity index (χ1n) is 5.35. The van der Waals surface area contributed by atoms with Crippen LogP contribution in [0, 0.1) is 5.41 Å². The number of aromatic nitrogens is 2. The van der Waals surface area contributed by atoms with Gasteiger partial charge >= 0.3 is 0 Å². The van der Waals surface area contributed by atoms with E-state index in [9.17, 15) is 0 Å². The maximum absolute atomic E-state index is 4.31. The van der Waals surface area contributed by atoms with Gasteiger partial charge in [-0.15, -0.1) is 0 Å². The Morgan fingerprint density at radius 2 is 2.36 bits per heavy atom. The molecular formula is C11H17BrN2. The molecule has 0 unspecified atom stereocenters. The van der Waals surface area contributed by atoms with Gasteiger partial charge in [-0.3, -0.25) is 4.68 Å². The molecule has 14 heavy (non-hydrogen) atoms. The molecule has 0 saturated heterocycles. The van der Waals surface area contributed by atoms with E-state index < -0.39 is 0 Å². The number of hydrogen-bond acceptors (Lipinski definition) is 1. The van der Waals surface area contributed by atoms with Gasteiger partial charge in [-0.1, -0.05) is 22.4 Å². The van der Waals surface area contributed by atoms with E-state index in [2.05, 4.69) is 34.1 Å². The van der Waals surface area contributed by atoms with Crippen LogP contribution in [0.1, 0.15) is 31.7 Å². The molecule has 1 heterocycles. The minimum Gasteiger partial charge on any atom is -0.273 e. The maximum Gasteiger partial charge on any atom is 0.0521 e. The summed E-state index contributed by atoms with van der Waals surface area (Å²) in [6, 6.07) is 0. The molecule has 0 aromatic carbocycles. The Bertz CT molecular complexity index is 296. The minimum atomic E-state index is 0.543. The van der Waals surface area contributed by atoms with Crippen LogP contribution in [0.3, 0.4) is 0 Å². The molecule has 0 bridgehead atoms. The number of halogens is 1. The lowest BCUT2D eigenvalue weighted by molar-refractivity contribution is 0.170. The Balaban J connectivity index is 2.02. The zero-order chi connectivity index (χ0) is 10.0. The summed E-state index contributed by atoms with van der Waals surface area (Å²) >= 11 is 3.64. The number of alkyl halides is 1. The largest absolute Gasteiger partial charge is 0.273 e. The van der Waals surface area contributed by atoms with Crippen molar-refractivity contribution in [3.8, 4) is 0 Å². The fourth-order valence-electron chi connectivity index (χ4n) is 2.14. The molecule has 0 radical (unpaired) electrons. The van der Waals surface area contributed by atoms with Crippen LogP contribution >= 0.6 is 15.9 Å². The Morgan fingerprint density at radius 1 is 1.57 bits per heavy atom. The summed E-state index contributed by atoms with van der Waals surface area (Å²) in [6.07, 6.45) is 9.53. The SMILES string of the molecule is CCn1cc(CC2(CBr)CCC2)cn1. The van der Waals surface area contributed by atoms with Crippen molar-refractivity contribution >= 4 is 15.9 Å². The molecule has 1 fully saturated rings. The number of hydrogen-bond donors (Lipinski definition) is 0. The first-order valence-corrected chi connectivity index (χ1v) is 6.47. The monoisotopic (exact) mass is 256 g/mol. The highest BCUT2D eigenvalue weighted by Crippen LogP contribution is 2.44. The highest BCUT2D eigenvalue weighted by Gasteiger charge is 2.35. The Morgan fingerprint density at radius 3 is 2.79 bits per heavy atom. The summed E-state index contributed by atoms with van der Waals surface area (Å²) in [5.41, 5.74) is 1.94. The van der Waals surface area contributed by atoms with Gasteiger partial charge in [-0.25, -0.2) is 0 Å². The van der Waals surface area contributed by atoms with Crippen molar-refractivity contribution in [3.05, 3.63) is 18.0 Å². The molecule has 1 aliphatic rings. The van der Waals surface area contributed by atoms with Crippen molar-refractivity contribution in [2.75, 3.05) is 5.33 Å². The molecule has 1 saturated carbocycles. The quantitative estimate of drug-likeness (QED) is 0.758. The van der Waals surface area contributed by atoms with E-state index in [0.717, 1.165) is 11.9 Å². The molecule has 3 heteroatoms. The predicted molar refractivity (Wildman–Crippen MR) is 61.7 cm³/mol. The summed E-state index contributed by atoms with van der Waals surface area (Å²) in [7, 11) is 0. The highest BCUT2D eigenvalue weighted by atomic mass is 79.9. The summed E-state index contributed by atoms with van der Waals surface area (Å²) in [6.45, 7) is 3.10. The van der Waals surface area contributed by atoms with Gasteiger partial charge in [0, 0.05) is 18.1 Å². The van der Waals surface area contributed by atoms with Crippen molar-refractivity contribution in [2.45, 2.75) is 39.2 Å². The maximum atomic E-state index is 4.31. The van der Waals surface area contributed by atoms with Gasteiger partial charge in [0.2, 0.25) is 0 Å². The van der Waals surface area contributed by atoms with Gasteiger partial charge in [0.05, 0.1) is 6.20 Å². The average molecular weight is 257 g/mol. The molecule has 78 valence electrons. The second kappa shape index (κ2) is 4.05. The van der Waals surface area contributed by atoms with Gasteiger partial charge in [0.25, 0.3) is 0 Å². The molecule has 0 N–H and O–H groups in total. The summed E-state index contributed by atoms with van der Waals surface area (Å²) < 4.78 is 2.01. The van der Waals surface area contributed by atoms with Crippen LogP contribution < -0.4 is 0 Å². The van der Waals surface area contributed by atoms with Crippen LogP contribution in [-0.4, -0.2) is 15.1 Å². The van der Waals surface area contributed by atoms with Crippen molar-refractivity contribution < 1.29 is 0 Å². The van der Waals surface area contributed by atoms with Crippen LogP contribution in [0.2, 0.25) is 0 Å². The number of nitrogens with zero attached hydrogens (tertiary/aromatic N) is 2. The zero-order valence-corrected chi connectivity index (χ0v) is 10.3. The molecule has 0 aliphatic heterocycles. The van der Waals surface area contributed by atoms with Crippen LogP contribution in [-0.2, 0) is 13.0 Å². The lowest BCUT2D eigenvalue weighted by atomic mass is 9.67. The summed E-state index contributed by atoms with van der Waals surface area (Å²) in [5, 5.41) is 5.45. The Labute approximate surface area is 93.8 Å². The van der Waals surface area contributed by atoms with Gasteiger partial charge in [-0.2, -0.15) is 5.10 Å². The van der Waals surface area contributed by atoms with Crippen LogP contribution in [0.4, 0.5) is 0 Å². The topological polar surface area (TPSA) is 17.8 Å². The fraction of sp³-hybridized carbons (Fsp3) is 0.727. The second-order valence-electron chi connectivity index (χ2n) is 4.37. The van der Waals surface area contributed by atoms with E-state index in [1.165, 1.54) is 31.2 Å². The van der Waals surface area contributed by atoms with Crippen LogP contribution in [0.25, 0.3) is 0 Å². The van der Waals surface area contributed by atoms with Gasteiger partial charge in [0.15, 0.2) is 0 Å². The van der Waals surface area contributed by atoms with E-state index in [1.807, 2.05) is 10.9 Å². The molecule has 1 aliphatic carbocycles. The first-order chi connectivity index (χ1) is 6.78. The Kier molecular flexibility index (Phi) is 2.96. The van der Waals surface area contributed by atoms with E-state index >= 15 is 0 Å².